The molecule has 0 aromatic carbocycles. The van der Waals surface area contributed by atoms with Crippen molar-refractivity contribution in [2.45, 2.75) is 65.3 Å². The Morgan fingerprint density at radius 2 is 1.81 bits per heavy atom. The van der Waals surface area contributed by atoms with E-state index in [1.54, 1.807) is 0 Å². The zero-order chi connectivity index (χ0) is 12.2. The van der Waals surface area contributed by atoms with Crippen molar-refractivity contribution in [1.29, 1.82) is 0 Å². The Balaban J connectivity index is 2.38. The predicted octanol–water partition coefficient (Wildman–Crippen LogP) is 3.26. The molecule has 0 spiro atoms. The summed E-state index contributed by atoms with van der Waals surface area (Å²) in [5.74, 6) is 1.14. The maximum Gasteiger partial charge on any atom is 0.152 e. The standard InChI is InChI=1S/C14H27NO/c1-12(2)8-7-9-13(16)14(3,4)15-10-5-6-11-15/h12H,5-11H2,1-4H3. The third-order valence-corrected chi connectivity index (χ3v) is 3.76. The largest absolute Gasteiger partial charge is 0.298 e. The molecule has 1 saturated heterocycles. The Morgan fingerprint density at radius 1 is 1.25 bits per heavy atom. The number of likely N-dealkylation sites (tertiary alicyclic amines) is 1. The van der Waals surface area contributed by atoms with Gasteiger partial charge in [-0.1, -0.05) is 20.3 Å². The first kappa shape index (κ1) is 13.7. The van der Waals surface area contributed by atoms with E-state index in [0.717, 1.165) is 25.9 Å². The summed E-state index contributed by atoms with van der Waals surface area (Å²) >= 11 is 0. The van der Waals surface area contributed by atoms with E-state index in [2.05, 4.69) is 32.6 Å². The summed E-state index contributed by atoms with van der Waals surface area (Å²) in [5, 5.41) is 0. The van der Waals surface area contributed by atoms with Gasteiger partial charge in [0.15, 0.2) is 5.78 Å². The van der Waals surface area contributed by atoms with Gasteiger partial charge in [0.2, 0.25) is 0 Å². The molecule has 0 amide bonds. The first-order valence-corrected chi connectivity index (χ1v) is 6.73. The van der Waals surface area contributed by atoms with Crippen molar-refractivity contribution in [2.24, 2.45) is 5.92 Å². The van der Waals surface area contributed by atoms with E-state index < -0.39 is 0 Å². The lowest BCUT2D eigenvalue weighted by Crippen LogP contribution is -2.48. The molecule has 16 heavy (non-hydrogen) atoms. The number of ketones is 1. The Kier molecular flexibility index (Phi) is 4.97. The Morgan fingerprint density at radius 3 is 2.31 bits per heavy atom. The van der Waals surface area contributed by atoms with E-state index in [4.69, 9.17) is 0 Å². The maximum absolute atomic E-state index is 12.2. The van der Waals surface area contributed by atoms with Crippen molar-refractivity contribution in [3.63, 3.8) is 0 Å². The molecular weight excluding hydrogens is 198 g/mol. The van der Waals surface area contributed by atoms with Gasteiger partial charge in [-0.25, -0.2) is 0 Å². The van der Waals surface area contributed by atoms with E-state index >= 15 is 0 Å². The van der Waals surface area contributed by atoms with E-state index in [1.165, 1.54) is 19.3 Å². The van der Waals surface area contributed by atoms with Crippen LogP contribution in [0.25, 0.3) is 0 Å². The molecule has 0 aliphatic carbocycles. The molecule has 0 radical (unpaired) electrons. The summed E-state index contributed by atoms with van der Waals surface area (Å²) in [6.45, 7) is 10.8. The van der Waals surface area contributed by atoms with Crippen LogP contribution >= 0.6 is 0 Å². The van der Waals surface area contributed by atoms with Crippen LogP contribution in [0.15, 0.2) is 0 Å². The molecule has 2 nitrogen and oxygen atoms in total. The average Bonchev–Trinajstić information content (AvgIpc) is 2.69. The molecule has 1 aliphatic rings. The third-order valence-electron chi connectivity index (χ3n) is 3.76. The molecule has 2 heteroatoms. The van der Waals surface area contributed by atoms with Gasteiger partial charge in [0.05, 0.1) is 5.54 Å². The minimum atomic E-state index is -0.229. The minimum absolute atomic E-state index is 0.229. The summed E-state index contributed by atoms with van der Waals surface area (Å²) in [7, 11) is 0. The molecule has 0 aromatic heterocycles. The number of hydrogen-bond donors (Lipinski definition) is 0. The second kappa shape index (κ2) is 5.81. The summed E-state index contributed by atoms with van der Waals surface area (Å²) in [4.78, 5) is 14.5. The lowest BCUT2D eigenvalue weighted by molar-refractivity contribution is -0.129. The molecular formula is C14H27NO. The number of nitrogens with zero attached hydrogens (tertiary/aromatic N) is 1. The van der Waals surface area contributed by atoms with Crippen molar-refractivity contribution in [3.05, 3.63) is 0 Å². The van der Waals surface area contributed by atoms with Gasteiger partial charge >= 0.3 is 0 Å². The molecule has 1 heterocycles. The van der Waals surface area contributed by atoms with Gasteiger partial charge in [-0.05, 0) is 52.1 Å². The molecule has 0 aromatic rings. The van der Waals surface area contributed by atoms with E-state index in [0.29, 0.717) is 11.7 Å². The van der Waals surface area contributed by atoms with Crippen LogP contribution in [0.4, 0.5) is 0 Å². The smallest absolute Gasteiger partial charge is 0.152 e. The summed E-state index contributed by atoms with van der Waals surface area (Å²) in [5.41, 5.74) is -0.229. The van der Waals surface area contributed by atoms with Gasteiger partial charge in [0.1, 0.15) is 0 Å². The van der Waals surface area contributed by atoms with E-state index in [1.807, 2.05) is 0 Å². The number of Topliss-reactive ketones (excluding diaryl/α,β-unsaturated/α-hetero) is 1. The first-order valence-electron chi connectivity index (χ1n) is 6.73. The van der Waals surface area contributed by atoms with Crippen LogP contribution in [0.5, 0.6) is 0 Å². The van der Waals surface area contributed by atoms with Gasteiger partial charge in [0, 0.05) is 6.42 Å². The van der Waals surface area contributed by atoms with Crippen molar-refractivity contribution >= 4 is 5.78 Å². The molecule has 0 N–H and O–H groups in total. The van der Waals surface area contributed by atoms with Crippen LogP contribution in [0.1, 0.15) is 59.8 Å². The second-order valence-electron chi connectivity index (χ2n) is 5.96. The Hall–Kier alpha value is -0.370. The van der Waals surface area contributed by atoms with Crippen molar-refractivity contribution in [3.8, 4) is 0 Å². The number of carbonyl (C=O) groups is 1. The Bertz CT molecular complexity index is 227. The normalized spacial score (nSPS) is 18.3. The van der Waals surface area contributed by atoms with Gasteiger partial charge in [-0.3, -0.25) is 9.69 Å². The van der Waals surface area contributed by atoms with Crippen LogP contribution in [0.2, 0.25) is 0 Å². The molecule has 0 saturated carbocycles. The monoisotopic (exact) mass is 225 g/mol. The molecule has 1 rings (SSSR count). The highest BCUT2D eigenvalue weighted by Gasteiger charge is 2.34. The summed E-state index contributed by atoms with van der Waals surface area (Å²) < 4.78 is 0. The highest BCUT2D eigenvalue weighted by molar-refractivity contribution is 5.87. The zero-order valence-corrected chi connectivity index (χ0v) is 11.4. The van der Waals surface area contributed by atoms with Gasteiger partial charge in [-0.2, -0.15) is 0 Å². The number of hydrogen-bond acceptors (Lipinski definition) is 2. The third kappa shape index (κ3) is 3.58. The fraction of sp³-hybridized carbons (Fsp3) is 0.929. The fourth-order valence-electron chi connectivity index (χ4n) is 2.43. The maximum atomic E-state index is 12.2. The SMILES string of the molecule is CC(C)CCCC(=O)C(C)(C)N1CCCC1. The van der Waals surface area contributed by atoms with Gasteiger partial charge in [-0.15, -0.1) is 0 Å². The van der Waals surface area contributed by atoms with Crippen LogP contribution in [0, 0.1) is 5.92 Å². The average molecular weight is 225 g/mol. The highest BCUT2D eigenvalue weighted by Crippen LogP contribution is 2.24. The van der Waals surface area contributed by atoms with Crippen LogP contribution < -0.4 is 0 Å². The van der Waals surface area contributed by atoms with Crippen LogP contribution in [-0.4, -0.2) is 29.3 Å². The quantitative estimate of drug-likeness (QED) is 0.691. The van der Waals surface area contributed by atoms with Crippen LogP contribution in [0.3, 0.4) is 0 Å². The fourth-order valence-corrected chi connectivity index (χ4v) is 2.43. The molecule has 1 aliphatic heterocycles. The summed E-state index contributed by atoms with van der Waals surface area (Å²) in [6.07, 6.45) is 5.47. The first-order chi connectivity index (χ1) is 7.44. The van der Waals surface area contributed by atoms with Gasteiger partial charge < -0.3 is 0 Å². The van der Waals surface area contributed by atoms with E-state index in [-0.39, 0.29) is 5.54 Å². The van der Waals surface area contributed by atoms with E-state index in [9.17, 15) is 4.79 Å². The molecule has 0 unspecified atom stereocenters. The second-order valence-corrected chi connectivity index (χ2v) is 5.96. The van der Waals surface area contributed by atoms with Crippen molar-refractivity contribution in [1.82, 2.24) is 4.90 Å². The number of carbonyl (C=O) groups excluding carboxylic acids is 1. The lowest BCUT2D eigenvalue weighted by atomic mass is 9.92. The predicted molar refractivity (Wildman–Crippen MR) is 68.6 cm³/mol. The van der Waals surface area contributed by atoms with Crippen molar-refractivity contribution < 1.29 is 4.79 Å². The van der Waals surface area contributed by atoms with Gasteiger partial charge in [0.25, 0.3) is 0 Å². The molecule has 0 bridgehead atoms. The zero-order valence-electron chi connectivity index (χ0n) is 11.4. The van der Waals surface area contributed by atoms with Crippen LogP contribution in [-0.2, 0) is 4.79 Å². The lowest BCUT2D eigenvalue weighted by Gasteiger charge is -2.34. The molecule has 0 atom stereocenters. The topological polar surface area (TPSA) is 20.3 Å². The molecule has 1 fully saturated rings. The molecule has 94 valence electrons. The summed E-state index contributed by atoms with van der Waals surface area (Å²) in [6, 6.07) is 0. The number of rotatable bonds is 6. The minimum Gasteiger partial charge on any atom is -0.298 e. The Labute approximate surface area is 100 Å². The van der Waals surface area contributed by atoms with Crippen molar-refractivity contribution in [2.75, 3.05) is 13.1 Å². The highest BCUT2D eigenvalue weighted by atomic mass is 16.1.